The molecule has 1 fully saturated rings. The SMILES string of the molecule is O=C(O)CCC1CCCCN1C(=O)c1ccc(-c2ccco2)[nH]c1=O. The van der Waals surface area contributed by atoms with Crippen LogP contribution >= 0.6 is 0 Å². The van der Waals surface area contributed by atoms with Crippen LogP contribution in [0.4, 0.5) is 0 Å². The molecule has 1 aliphatic heterocycles. The Balaban J connectivity index is 1.81. The normalized spacial score (nSPS) is 17.4. The van der Waals surface area contributed by atoms with Crippen LogP contribution in [-0.4, -0.2) is 39.5 Å². The summed E-state index contributed by atoms with van der Waals surface area (Å²) in [5.41, 5.74) is 0.103. The Morgan fingerprint density at radius 3 is 2.80 bits per heavy atom. The molecule has 1 unspecified atom stereocenters. The molecular formula is C18H20N2O5. The minimum Gasteiger partial charge on any atom is -0.481 e. The average molecular weight is 344 g/mol. The maximum Gasteiger partial charge on any atom is 0.303 e. The number of aromatic nitrogens is 1. The zero-order valence-corrected chi connectivity index (χ0v) is 13.7. The van der Waals surface area contributed by atoms with Gasteiger partial charge in [0, 0.05) is 19.0 Å². The molecule has 1 aliphatic rings. The molecule has 1 amide bonds. The summed E-state index contributed by atoms with van der Waals surface area (Å²) in [6.07, 6.45) is 4.51. The number of nitrogens with zero attached hydrogens (tertiary/aromatic N) is 1. The number of carbonyl (C=O) groups excluding carboxylic acids is 1. The number of hydrogen-bond acceptors (Lipinski definition) is 4. The van der Waals surface area contributed by atoms with Crippen molar-refractivity contribution in [1.82, 2.24) is 9.88 Å². The van der Waals surface area contributed by atoms with Crippen LogP contribution in [0.5, 0.6) is 0 Å². The van der Waals surface area contributed by atoms with E-state index in [1.807, 2.05) is 0 Å². The van der Waals surface area contributed by atoms with Gasteiger partial charge in [-0.3, -0.25) is 14.4 Å². The minimum absolute atomic E-state index is 0.0161. The van der Waals surface area contributed by atoms with Crippen molar-refractivity contribution in [3.8, 4) is 11.5 Å². The van der Waals surface area contributed by atoms with Crippen LogP contribution in [0.2, 0.25) is 0 Å². The van der Waals surface area contributed by atoms with E-state index in [-0.39, 0.29) is 23.9 Å². The summed E-state index contributed by atoms with van der Waals surface area (Å²) in [4.78, 5) is 40.3. The number of H-pyrrole nitrogens is 1. The molecule has 25 heavy (non-hydrogen) atoms. The number of aliphatic carboxylic acids is 1. The molecule has 7 nitrogen and oxygen atoms in total. The van der Waals surface area contributed by atoms with Crippen LogP contribution in [0.25, 0.3) is 11.5 Å². The third-order valence-electron chi connectivity index (χ3n) is 4.51. The summed E-state index contributed by atoms with van der Waals surface area (Å²) in [6, 6.07) is 6.44. The molecule has 2 aromatic heterocycles. The van der Waals surface area contributed by atoms with Crippen molar-refractivity contribution < 1.29 is 19.1 Å². The second-order valence-corrected chi connectivity index (χ2v) is 6.17. The molecule has 2 N–H and O–H groups in total. The van der Waals surface area contributed by atoms with Gasteiger partial charge in [-0.1, -0.05) is 0 Å². The first-order valence-corrected chi connectivity index (χ1v) is 8.36. The van der Waals surface area contributed by atoms with Crippen LogP contribution in [0.3, 0.4) is 0 Å². The fourth-order valence-corrected chi connectivity index (χ4v) is 3.23. The van der Waals surface area contributed by atoms with Crippen LogP contribution in [0.15, 0.2) is 39.7 Å². The molecule has 7 heteroatoms. The van der Waals surface area contributed by atoms with Crippen LogP contribution in [0.1, 0.15) is 42.5 Å². The van der Waals surface area contributed by atoms with Gasteiger partial charge in [-0.25, -0.2) is 0 Å². The molecule has 1 saturated heterocycles. The molecule has 132 valence electrons. The van der Waals surface area contributed by atoms with Gasteiger partial charge in [-0.05, 0) is 49.9 Å². The molecular weight excluding hydrogens is 324 g/mol. The molecule has 0 bridgehead atoms. The van der Waals surface area contributed by atoms with Crippen molar-refractivity contribution >= 4 is 11.9 Å². The number of likely N-dealkylation sites (tertiary alicyclic amines) is 1. The number of carboxylic acid groups (broad SMARTS) is 1. The third-order valence-corrected chi connectivity index (χ3v) is 4.51. The first kappa shape index (κ1) is 17.0. The van der Waals surface area contributed by atoms with Gasteiger partial charge in [0.25, 0.3) is 11.5 Å². The first-order chi connectivity index (χ1) is 12.1. The predicted molar refractivity (Wildman–Crippen MR) is 90.3 cm³/mol. The van der Waals surface area contributed by atoms with Crippen LogP contribution in [0, 0.1) is 0 Å². The van der Waals surface area contributed by atoms with E-state index in [9.17, 15) is 14.4 Å². The summed E-state index contributed by atoms with van der Waals surface area (Å²) in [5.74, 6) is -0.700. The summed E-state index contributed by atoms with van der Waals surface area (Å²) in [5, 5.41) is 8.88. The van der Waals surface area contributed by atoms with E-state index < -0.39 is 11.5 Å². The molecule has 0 aliphatic carbocycles. The number of nitrogens with one attached hydrogen (secondary N) is 1. The topological polar surface area (TPSA) is 104 Å². The Morgan fingerprint density at radius 2 is 2.12 bits per heavy atom. The van der Waals surface area contributed by atoms with E-state index in [4.69, 9.17) is 9.52 Å². The van der Waals surface area contributed by atoms with Gasteiger partial charge in [-0.15, -0.1) is 0 Å². The number of furan rings is 1. The van der Waals surface area contributed by atoms with Gasteiger partial charge >= 0.3 is 5.97 Å². The fraction of sp³-hybridized carbons (Fsp3) is 0.389. The molecule has 3 heterocycles. The molecule has 2 aromatic rings. The summed E-state index contributed by atoms with van der Waals surface area (Å²) < 4.78 is 5.24. The smallest absolute Gasteiger partial charge is 0.303 e. The summed E-state index contributed by atoms with van der Waals surface area (Å²) >= 11 is 0. The van der Waals surface area contributed by atoms with E-state index >= 15 is 0 Å². The zero-order valence-electron chi connectivity index (χ0n) is 13.7. The number of carbonyl (C=O) groups is 2. The van der Waals surface area contributed by atoms with Gasteiger partial charge < -0.3 is 19.4 Å². The maximum atomic E-state index is 12.8. The number of carboxylic acids is 1. The number of aromatic amines is 1. The number of pyridine rings is 1. The van der Waals surface area contributed by atoms with Crippen molar-refractivity contribution in [2.75, 3.05) is 6.54 Å². The third kappa shape index (κ3) is 3.81. The quantitative estimate of drug-likeness (QED) is 0.867. The van der Waals surface area contributed by atoms with Gasteiger partial charge in [0.15, 0.2) is 0 Å². The fourth-order valence-electron chi connectivity index (χ4n) is 3.23. The van der Waals surface area contributed by atoms with Crippen molar-refractivity contribution in [3.05, 3.63) is 46.4 Å². The highest BCUT2D eigenvalue weighted by Gasteiger charge is 2.29. The lowest BCUT2D eigenvalue weighted by Gasteiger charge is -2.35. The second-order valence-electron chi connectivity index (χ2n) is 6.17. The summed E-state index contributed by atoms with van der Waals surface area (Å²) in [7, 11) is 0. The predicted octanol–water partition coefficient (Wildman–Crippen LogP) is 2.49. The lowest BCUT2D eigenvalue weighted by atomic mass is 9.97. The van der Waals surface area contributed by atoms with Gasteiger partial charge in [0.2, 0.25) is 0 Å². The minimum atomic E-state index is -0.876. The molecule has 0 aromatic carbocycles. The van der Waals surface area contributed by atoms with Gasteiger partial charge in [-0.2, -0.15) is 0 Å². The van der Waals surface area contributed by atoms with E-state index in [0.29, 0.717) is 24.4 Å². The number of amides is 1. The first-order valence-electron chi connectivity index (χ1n) is 8.36. The summed E-state index contributed by atoms with van der Waals surface area (Å²) in [6.45, 7) is 0.544. The number of hydrogen-bond donors (Lipinski definition) is 2. The Labute approximate surface area is 144 Å². The highest BCUT2D eigenvalue weighted by Crippen LogP contribution is 2.23. The monoisotopic (exact) mass is 344 g/mol. The average Bonchev–Trinajstić information content (AvgIpc) is 3.14. The standard InChI is InChI=1S/C18H20N2O5/c21-16(22)9-6-12-4-1-2-10-20(12)18(24)13-7-8-14(19-17(13)23)15-5-3-11-25-15/h3,5,7-8,11-12H,1-2,4,6,9-10H2,(H,19,23)(H,21,22). The molecule has 0 saturated carbocycles. The van der Waals surface area contributed by atoms with Crippen molar-refractivity contribution in [2.24, 2.45) is 0 Å². The van der Waals surface area contributed by atoms with Crippen molar-refractivity contribution in [1.29, 1.82) is 0 Å². The van der Waals surface area contributed by atoms with E-state index in [2.05, 4.69) is 4.98 Å². The van der Waals surface area contributed by atoms with Gasteiger partial charge in [0.1, 0.15) is 11.3 Å². The lowest BCUT2D eigenvalue weighted by Crippen LogP contribution is -2.45. The van der Waals surface area contributed by atoms with E-state index in [1.165, 1.54) is 12.3 Å². The van der Waals surface area contributed by atoms with Crippen molar-refractivity contribution in [2.45, 2.75) is 38.1 Å². The molecule has 1 atom stereocenters. The molecule has 3 rings (SSSR count). The maximum absolute atomic E-state index is 12.8. The number of piperidine rings is 1. The van der Waals surface area contributed by atoms with E-state index in [0.717, 1.165) is 19.3 Å². The van der Waals surface area contributed by atoms with Crippen LogP contribution < -0.4 is 5.56 Å². The molecule has 0 spiro atoms. The van der Waals surface area contributed by atoms with E-state index in [1.54, 1.807) is 23.1 Å². The largest absolute Gasteiger partial charge is 0.481 e. The second kappa shape index (κ2) is 7.38. The zero-order chi connectivity index (χ0) is 17.8. The Hall–Kier alpha value is -2.83. The Bertz CT molecular complexity index is 809. The lowest BCUT2D eigenvalue weighted by molar-refractivity contribution is -0.137. The molecule has 0 radical (unpaired) electrons. The highest BCUT2D eigenvalue weighted by atomic mass is 16.4. The van der Waals surface area contributed by atoms with Crippen molar-refractivity contribution in [3.63, 3.8) is 0 Å². The van der Waals surface area contributed by atoms with Gasteiger partial charge in [0.05, 0.1) is 12.0 Å². The van der Waals surface area contributed by atoms with Crippen LogP contribution in [-0.2, 0) is 4.79 Å². The Kier molecular flexibility index (Phi) is 5.02. The number of rotatable bonds is 5. The highest BCUT2D eigenvalue weighted by molar-refractivity contribution is 5.94. The Morgan fingerprint density at radius 1 is 1.28 bits per heavy atom.